The molecule has 1 aromatic heterocycles. The molecule has 0 bridgehead atoms. The van der Waals surface area contributed by atoms with Crippen LogP contribution in [0, 0.1) is 6.92 Å². The van der Waals surface area contributed by atoms with Crippen LogP contribution >= 0.6 is 11.6 Å². The third-order valence-electron chi connectivity index (χ3n) is 1.31. The van der Waals surface area contributed by atoms with Gasteiger partial charge in [-0.2, -0.15) is 0 Å². The van der Waals surface area contributed by atoms with Crippen molar-refractivity contribution in [2.24, 2.45) is 0 Å². The van der Waals surface area contributed by atoms with Crippen LogP contribution in [0.3, 0.4) is 0 Å². The van der Waals surface area contributed by atoms with E-state index < -0.39 is 0 Å². The Morgan fingerprint density at radius 2 is 2.36 bits per heavy atom. The van der Waals surface area contributed by atoms with Crippen LogP contribution in [0.4, 0.5) is 0 Å². The van der Waals surface area contributed by atoms with Crippen LogP contribution in [-0.2, 0) is 0 Å². The number of aromatic nitrogens is 1. The van der Waals surface area contributed by atoms with Crippen LogP contribution in [-0.4, -0.2) is 10.9 Å². The highest BCUT2D eigenvalue weighted by molar-refractivity contribution is 6.19. The number of hydrogen-bond acceptors (Lipinski definition) is 1. The molecule has 0 unspecified atom stereocenters. The van der Waals surface area contributed by atoms with Crippen molar-refractivity contribution in [2.45, 2.75) is 6.92 Å². The van der Waals surface area contributed by atoms with E-state index in [4.69, 9.17) is 11.6 Å². The zero-order chi connectivity index (χ0) is 8.10. The number of aryl methyl sites for hydroxylation is 1. The summed E-state index contributed by atoms with van der Waals surface area (Å²) in [6.45, 7) is 2.02. The quantitative estimate of drug-likeness (QED) is 0.618. The lowest BCUT2D eigenvalue weighted by Crippen LogP contribution is -1.80. The van der Waals surface area contributed by atoms with Crippen molar-refractivity contribution in [3.8, 4) is 0 Å². The number of hydrogen-bond donors (Lipinski definition) is 0. The van der Waals surface area contributed by atoms with Gasteiger partial charge in [0.25, 0.3) is 0 Å². The number of pyridine rings is 1. The molecule has 0 radical (unpaired) electrons. The molecule has 2 heteroatoms. The van der Waals surface area contributed by atoms with E-state index in [2.05, 4.69) is 4.98 Å². The third-order valence-corrected chi connectivity index (χ3v) is 1.49. The van der Waals surface area contributed by atoms with Gasteiger partial charge in [0.1, 0.15) is 0 Å². The summed E-state index contributed by atoms with van der Waals surface area (Å²) in [6, 6.07) is 4.00. The van der Waals surface area contributed by atoms with E-state index in [9.17, 15) is 0 Å². The highest BCUT2D eigenvalue weighted by Gasteiger charge is 1.85. The number of allylic oxidation sites excluding steroid dienone is 1. The van der Waals surface area contributed by atoms with Crippen LogP contribution in [0.1, 0.15) is 11.3 Å². The molecule has 0 N–H and O–H groups in total. The highest BCUT2D eigenvalue weighted by atomic mass is 35.5. The minimum atomic E-state index is 0.537. The minimum Gasteiger partial charge on any atom is -0.257 e. The van der Waals surface area contributed by atoms with Crippen LogP contribution in [0.2, 0.25) is 0 Å². The molecular weight excluding hydrogens is 158 g/mol. The Hall–Kier alpha value is -0.820. The average Bonchev–Trinajstić information content (AvgIpc) is 2.04. The van der Waals surface area contributed by atoms with Gasteiger partial charge in [-0.15, -0.1) is 11.6 Å². The summed E-state index contributed by atoms with van der Waals surface area (Å²) in [4.78, 5) is 4.17. The molecule has 0 saturated carbocycles. The minimum absolute atomic E-state index is 0.537. The van der Waals surface area contributed by atoms with Crippen LogP contribution in [0.15, 0.2) is 24.4 Å². The van der Waals surface area contributed by atoms with Gasteiger partial charge in [-0.3, -0.25) is 4.98 Å². The number of halogens is 1. The Bertz CT molecular complexity index is 238. The predicted octanol–water partition coefficient (Wildman–Crippen LogP) is 2.64. The van der Waals surface area contributed by atoms with Gasteiger partial charge in [-0.05, 0) is 24.6 Å². The van der Waals surface area contributed by atoms with E-state index in [1.54, 1.807) is 0 Å². The summed E-state index contributed by atoms with van der Waals surface area (Å²) >= 11 is 5.47. The van der Waals surface area contributed by atoms with Gasteiger partial charge >= 0.3 is 0 Å². The van der Waals surface area contributed by atoms with Crippen molar-refractivity contribution >= 4 is 17.7 Å². The summed E-state index contributed by atoms with van der Waals surface area (Å²) in [5.74, 6) is 0.537. The van der Waals surface area contributed by atoms with E-state index in [1.807, 2.05) is 37.4 Å². The zero-order valence-corrected chi connectivity index (χ0v) is 7.17. The summed E-state index contributed by atoms with van der Waals surface area (Å²) < 4.78 is 0. The smallest absolute Gasteiger partial charge is 0.0627 e. The van der Waals surface area contributed by atoms with Crippen molar-refractivity contribution in [2.75, 3.05) is 5.88 Å². The molecule has 0 atom stereocenters. The molecule has 0 spiro atoms. The monoisotopic (exact) mass is 167 g/mol. The van der Waals surface area contributed by atoms with Gasteiger partial charge in [0.2, 0.25) is 0 Å². The lowest BCUT2D eigenvalue weighted by molar-refractivity contribution is 1.24. The SMILES string of the molecule is Cc1ccc(/C=C/CCl)nc1. The van der Waals surface area contributed by atoms with E-state index >= 15 is 0 Å². The van der Waals surface area contributed by atoms with Crippen molar-refractivity contribution in [3.05, 3.63) is 35.7 Å². The standard InChI is InChI=1S/C9H10ClN/c1-8-4-5-9(11-7-8)3-2-6-10/h2-5,7H,6H2,1H3/b3-2+. The van der Waals surface area contributed by atoms with E-state index in [0.29, 0.717) is 5.88 Å². The Labute approximate surface area is 71.7 Å². The van der Waals surface area contributed by atoms with Crippen LogP contribution in [0.25, 0.3) is 6.08 Å². The molecule has 11 heavy (non-hydrogen) atoms. The van der Waals surface area contributed by atoms with Crippen LogP contribution < -0.4 is 0 Å². The number of alkyl halides is 1. The van der Waals surface area contributed by atoms with Gasteiger partial charge in [-0.25, -0.2) is 0 Å². The lowest BCUT2D eigenvalue weighted by atomic mass is 10.2. The fourth-order valence-corrected chi connectivity index (χ4v) is 0.832. The molecule has 0 aliphatic carbocycles. The Kier molecular flexibility index (Phi) is 3.12. The van der Waals surface area contributed by atoms with Gasteiger partial charge < -0.3 is 0 Å². The average molecular weight is 168 g/mol. The van der Waals surface area contributed by atoms with Crippen molar-refractivity contribution < 1.29 is 0 Å². The van der Waals surface area contributed by atoms with E-state index in [-0.39, 0.29) is 0 Å². The van der Waals surface area contributed by atoms with Crippen molar-refractivity contribution in [1.82, 2.24) is 4.98 Å². The van der Waals surface area contributed by atoms with Gasteiger partial charge in [0.05, 0.1) is 5.69 Å². The molecular formula is C9H10ClN. The molecule has 1 nitrogen and oxygen atoms in total. The Morgan fingerprint density at radius 3 is 2.91 bits per heavy atom. The Morgan fingerprint density at radius 1 is 1.55 bits per heavy atom. The normalized spacial score (nSPS) is 10.7. The topological polar surface area (TPSA) is 12.9 Å². The highest BCUT2D eigenvalue weighted by Crippen LogP contribution is 2.00. The second-order valence-corrected chi connectivity index (χ2v) is 2.63. The fourth-order valence-electron chi connectivity index (χ4n) is 0.743. The first-order valence-electron chi connectivity index (χ1n) is 3.48. The maximum absolute atomic E-state index is 5.47. The van der Waals surface area contributed by atoms with Crippen molar-refractivity contribution in [1.29, 1.82) is 0 Å². The van der Waals surface area contributed by atoms with Gasteiger partial charge in [0, 0.05) is 12.1 Å². The summed E-state index contributed by atoms with van der Waals surface area (Å²) in [5, 5.41) is 0. The van der Waals surface area contributed by atoms with Crippen LogP contribution in [0.5, 0.6) is 0 Å². The van der Waals surface area contributed by atoms with E-state index in [0.717, 1.165) is 5.69 Å². The molecule has 0 aliphatic rings. The van der Waals surface area contributed by atoms with E-state index in [1.165, 1.54) is 5.56 Å². The number of rotatable bonds is 2. The lowest BCUT2D eigenvalue weighted by Gasteiger charge is -1.92. The third kappa shape index (κ3) is 2.72. The second-order valence-electron chi connectivity index (χ2n) is 2.32. The molecule has 1 aromatic rings. The second kappa shape index (κ2) is 4.14. The molecule has 0 amide bonds. The summed E-state index contributed by atoms with van der Waals surface area (Å²) in [5.41, 5.74) is 2.13. The molecule has 1 heterocycles. The molecule has 0 saturated heterocycles. The maximum Gasteiger partial charge on any atom is 0.0627 e. The van der Waals surface area contributed by atoms with Gasteiger partial charge in [0.15, 0.2) is 0 Å². The predicted molar refractivity (Wildman–Crippen MR) is 48.7 cm³/mol. The fraction of sp³-hybridized carbons (Fsp3) is 0.222. The molecule has 58 valence electrons. The molecule has 0 fully saturated rings. The molecule has 0 aromatic carbocycles. The first-order chi connectivity index (χ1) is 5.33. The number of nitrogens with zero attached hydrogens (tertiary/aromatic N) is 1. The Balaban J connectivity index is 2.73. The largest absolute Gasteiger partial charge is 0.257 e. The summed E-state index contributed by atoms with van der Waals surface area (Å²) in [6.07, 6.45) is 5.62. The first-order valence-corrected chi connectivity index (χ1v) is 4.01. The molecule has 0 aliphatic heterocycles. The van der Waals surface area contributed by atoms with Crippen molar-refractivity contribution in [3.63, 3.8) is 0 Å². The maximum atomic E-state index is 5.47. The zero-order valence-electron chi connectivity index (χ0n) is 6.42. The first kappa shape index (κ1) is 8.28. The molecule has 1 rings (SSSR count). The van der Waals surface area contributed by atoms with Gasteiger partial charge in [-0.1, -0.05) is 12.1 Å². The summed E-state index contributed by atoms with van der Waals surface area (Å²) in [7, 11) is 0.